The van der Waals surface area contributed by atoms with Crippen molar-refractivity contribution in [3.05, 3.63) is 38.8 Å². The molecule has 0 saturated carbocycles. The summed E-state index contributed by atoms with van der Waals surface area (Å²) in [6, 6.07) is 6.47. The van der Waals surface area contributed by atoms with E-state index >= 15 is 0 Å². The van der Waals surface area contributed by atoms with Crippen LogP contribution in [0.3, 0.4) is 0 Å². The lowest BCUT2D eigenvalue weighted by molar-refractivity contribution is 0.723. The second-order valence-electron chi connectivity index (χ2n) is 4.88. The first-order valence-corrected chi connectivity index (χ1v) is 8.72. The maximum atomic E-state index is 4.85. The van der Waals surface area contributed by atoms with E-state index in [1.165, 1.54) is 21.7 Å². The minimum Gasteiger partial charge on any atom is -0.312 e. The van der Waals surface area contributed by atoms with Crippen LogP contribution >= 0.6 is 27.3 Å². The Morgan fingerprint density at radius 2 is 2.10 bits per heavy atom. The predicted molar refractivity (Wildman–Crippen MR) is 91.4 cm³/mol. The summed E-state index contributed by atoms with van der Waals surface area (Å²) >= 11 is 5.42. The van der Waals surface area contributed by atoms with Gasteiger partial charge in [0, 0.05) is 21.5 Å². The zero-order valence-corrected chi connectivity index (χ0v) is 14.7. The number of hydrogen-bond donors (Lipinski definition) is 1. The van der Waals surface area contributed by atoms with Crippen molar-refractivity contribution in [3.63, 3.8) is 0 Å². The molecule has 0 radical (unpaired) electrons. The van der Waals surface area contributed by atoms with Crippen LogP contribution in [0.4, 0.5) is 0 Å². The van der Waals surface area contributed by atoms with E-state index in [4.69, 9.17) is 4.98 Å². The van der Waals surface area contributed by atoms with Crippen LogP contribution < -0.4 is 5.32 Å². The van der Waals surface area contributed by atoms with Gasteiger partial charge in [0.2, 0.25) is 0 Å². The first kappa shape index (κ1) is 15.7. The summed E-state index contributed by atoms with van der Waals surface area (Å²) in [7, 11) is 0. The third kappa shape index (κ3) is 3.68. The molecule has 0 fully saturated rings. The fourth-order valence-electron chi connectivity index (χ4n) is 2.04. The Hall–Kier alpha value is -0.710. The fourth-order valence-corrected chi connectivity index (χ4v) is 3.49. The van der Waals surface area contributed by atoms with Gasteiger partial charge in [0.05, 0.1) is 5.69 Å². The molecule has 2 rings (SSSR count). The van der Waals surface area contributed by atoms with Crippen LogP contribution in [0, 0.1) is 6.92 Å². The molecule has 0 aliphatic heterocycles. The van der Waals surface area contributed by atoms with Gasteiger partial charge in [-0.15, -0.1) is 11.3 Å². The Morgan fingerprint density at radius 3 is 2.75 bits per heavy atom. The van der Waals surface area contributed by atoms with Crippen molar-refractivity contribution in [1.29, 1.82) is 0 Å². The van der Waals surface area contributed by atoms with Gasteiger partial charge >= 0.3 is 0 Å². The molecule has 20 heavy (non-hydrogen) atoms. The molecule has 0 amide bonds. The average molecular weight is 353 g/mol. The third-order valence-corrected chi connectivity index (χ3v) is 5.22. The fraction of sp³-hybridized carbons (Fsp3) is 0.438. The Morgan fingerprint density at radius 1 is 1.30 bits per heavy atom. The summed E-state index contributed by atoms with van der Waals surface area (Å²) < 4.78 is 1.15. The van der Waals surface area contributed by atoms with Crippen LogP contribution in [0.2, 0.25) is 0 Å². The highest BCUT2D eigenvalue weighted by Gasteiger charge is 2.12. The van der Waals surface area contributed by atoms with E-state index in [0.717, 1.165) is 35.4 Å². The van der Waals surface area contributed by atoms with Gasteiger partial charge in [-0.05, 0) is 31.5 Å². The summed E-state index contributed by atoms with van der Waals surface area (Å²) in [5.74, 6) is 0. The Bertz CT molecular complexity index is 578. The molecular weight excluding hydrogens is 332 g/mol. The van der Waals surface area contributed by atoms with Gasteiger partial charge in [-0.2, -0.15) is 0 Å². The van der Waals surface area contributed by atoms with Crippen molar-refractivity contribution in [3.8, 4) is 10.6 Å². The van der Waals surface area contributed by atoms with Crippen LogP contribution in [0.15, 0.2) is 22.7 Å². The van der Waals surface area contributed by atoms with Crippen LogP contribution in [0.5, 0.6) is 0 Å². The number of hydrogen-bond acceptors (Lipinski definition) is 3. The molecule has 0 aliphatic carbocycles. The summed E-state index contributed by atoms with van der Waals surface area (Å²) in [6.45, 7) is 8.37. The number of benzene rings is 1. The number of nitrogens with zero attached hydrogens (tertiary/aromatic N) is 1. The van der Waals surface area contributed by atoms with Crippen LogP contribution in [-0.4, -0.2) is 11.5 Å². The van der Waals surface area contributed by atoms with Crippen molar-refractivity contribution >= 4 is 27.3 Å². The van der Waals surface area contributed by atoms with E-state index in [2.05, 4.69) is 60.2 Å². The Balaban J connectivity index is 2.33. The van der Waals surface area contributed by atoms with E-state index in [1.807, 2.05) is 11.3 Å². The lowest BCUT2D eigenvalue weighted by Gasteiger charge is -2.00. The van der Waals surface area contributed by atoms with E-state index in [1.54, 1.807) is 0 Å². The van der Waals surface area contributed by atoms with Crippen molar-refractivity contribution in [2.45, 2.75) is 40.2 Å². The molecule has 1 heterocycles. The number of rotatable bonds is 6. The van der Waals surface area contributed by atoms with Gasteiger partial charge in [0.25, 0.3) is 0 Å². The molecular formula is C16H21BrN2S. The Labute approximate surface area is 133 Å². The highest BCUT2D eigenvalue weighted by Crippen LogP contribution is 2.31. The third-order valence-electron chi connectivity index (χ3n) is 3.22. The van der Waals surface area contributed by atoms with Crippen LogP contribution in [0.25, 0.3) is 10.6 Å². The van der Waals surface area contributed by atoms with Gasteiger partial charge in [-0.3, -0.25) is 0 Å². The summed E-state index contributed by atoms with van der Waals surface area (Å²) in [4.78, 5) is 6.23. The quantitative estimate of drug-likeness (QED) is 0.795. The Kier molecular flexibility index (Phi) is 5.75. The molecule has 2 nitrogen and oxygen atoms in total. The SMILES string of the molecule is CCCc1nc(-c2ccc(C)c(Br)c2)sc1CNCC. The molecule has 0 atom stereocenters. The summed E-state index contributed by atoms with van der Waals surface area (Å²) in [5, 5.41) is 4.54. The summed E-state index contributed by atoms with van der Waals surface area (Å²) in [5.41, 5.74) is 3.71. The maximum absolute atomic E-state index is 4.85. The van der Waals surface area contributed by atoms with Gasteiger partial charge < -0.3 is 5.32 Å². The maximum Gasteiger partial charge on any atom is 0.123 e. The molecule has 0 unspecified atom stereocenters. The van der Waals surface area contributed by atoms with Crippen LogP contribution in [-0.2, 0) is 13.0 Å². The molecule has 108 valence electrons. The molecule has 1 aromatic carbocycles. The molecule has 4 heteroatoms. The highest BCUT2D eigenvalue weighted by atomic mass is 79.9. The first-order valence-electron chi connectivity index (χ1n) is 7.11. The predicted octanol–water partition coefficient (Wildman–Crippen LogP) is 4.94. The van der Waals surface area contributed by atoms with Gasteiger partial charge in [-0.25, -0.2) is 4.98 Å². The van der Waals surface area contributed by atoms with Crippen molar-refractivity contribution in [1.82, 2.24) is 10.3 Å². The minimum atomic E-state index is 0.927. The average Bonchev–Trinajstić information content (AvgIpc) is 2.83. The van der Waals surface area contributed by atoms with Gasteiger partial charge in [0.1, 0.15) is 5.01 Å². The number of aromatic nitrogens is 1. The number of halogens is 1. The van der Waals surface area contributed by atoms with E-state index in [-0.39, 0.29) is 0 Å². The molecule has 0 saturated heterocycles. The smallest absolute Gasteiger partial charge is 0.123 e. The van der Waals surface area contributed by atoms with Crippen molar-refractivity contribution in [2.75, 3.05) is 6.54 Å². The normalized spacial score (nSPS) is 11.0. The van der Waals surface area contributed by atoms with E-state index < -0.39 is 0 Å². The zero-order valence-electron chi connectivity index (χ0n) is 12.3. The summed E-state index contributed by atoms with van der Waals surface area (Å²) in [6.07, 6.45) is 2.20. The molecule has 0 aliphatic rings. The molecule has 2 aromatic rings. The number of aryl methyl sites for hydroxylation is 2. The van der Waals surface area contributed by atoms with E-state index in [9.17, 15) is 0 Å². The molecule has 0 bridgehead atoms. The minimum absolute atomic E-state index is 0.927. The van der Waals surface area contributed by atoms with E-state index in [0.29, 0.717) is 0 Å². The number of nitrogens with one attached hydrogen (secondary N) is 1. The second-order valence-corrected chi connectivity index (χ2v) is 6.82. The largest absolute Gasteiger partial charge is 0.312 e. The number of thiazole rings is 1. The lowest BCUT2D eigenvalue weighted by Crippen LogP contribution is -2.11. The standard InChI is InChI=1S/C16H21BrN2S/c1-4-6-14-15(10-18-5-2)20-16(19-14)12-8-7-11(3)13(17)9-12/h7-9,18H,4-6,10H2,1-3H3. The van der Waals surface area contributed by atoms with Crippen molar-refractivity contribution in [2.24, 2.45) is 0 Å². The van der Waals surface area contributed by atoms with Gasteiger partial charge in [0.15, 0.2) is 0 Å². The monoisotopic (exact) mass is 352 g/mol. The van der Waals surface area contributed by atoms with Gasteiger partial charge in [-0.1, -0.05) is 48.3 Å². The lowest BCUT2D eigenvalue weighted by atomic mass is 10.1. The molecule has 0 spiro atoms. The second kappa shape index (κ2) is 7.34. The molecule has 1 aromatic heterocycles. The van der Waals surface area contributed by atoms with Crippen molar-refractivity contribution < 1.29 is 0 Å². The highest BCUT2D eigenvalue weighted by molar-refractivity contribution is 9.10. The topological polar surface area (TPSA) is 24.9 Å². The first-order chi connectivity index (χ1) is 9.65. The van der Waals surface area contributed by atoms with Crippen LogP contribution in [0.1, 0.15) is 36.4 Å². The zero-order chi connectivity index (χ0) is 14.5. The molecule has 1 N–H and O–H groups in total.